The Morgan fingerprint density at radius 1 is 1.00 bits per heavy atom. The molecular formula is C19H22Cl2N2O2. The van der Waals surface area contributed by atoms with Crippen LogP contribution in [-0.4, -0.2) is 55.4 Å². The molecule has 0 unspecified atom stereocenters. The summed E-state index contributed by atoms with van der Waals surface area (Å²) in [6, 6.07) is 15.5. The third kappa shape index (κ3) is 5.25. The number of hydrogen-bond donors (Lipinski definition) is 1. The lowest BCUT2D eigenvalue weighted by Crippen LogP contribution is -2.49. The van der Waals surface area contributed by atoms with Gasteiger partial charge in [-0.15, -0.1) is 0 Å². The molecule has 25 heavy (non-hydrogen) atoms. The fourth-order valence-electron chi connectivity index (χ4n) is 2.96. The summed E-state index contributed by atoms with van der Waals surface area (Å²) in [6.45, 7) is 4.57. The van der Waals surface area contributed by atoms with Crippen LogP contribution in [0.2, 0.25) is 10.0 Å². The highest BCUT2D eigenvalue weighted by Gasteiger charge is 2.19. The quantitative estimate of drug-likeness (QED) is 0.830. The summed E-state index contributed by atoms with van der Waals surface area (Å²) in [4.78, 5) is 4.63. The lowest BCUT2D eigenvalue weighted by Gasteiger charge is -2.36. The maximum absolute atomic E-state index is 10.2. The number of para-hydroxylation sites is 1. The van der Waals surface area contributed by atoms with E-state index in [1.807, 2.05) is 6.07 Å². The van der Waals surface area contributed by atoms with Crippen LogP contribution in [0.5, 0.6) is 5.75 Å². The van der Waals surface area contributed by atoms with Gasteiger partial charge in [0.25, 0.3) is 0 Å². The third-order valence-corrected chi connectivity index (χ3v) is 4.82. The van der Waals surface area contributed by atoms with Crippen LogP contribution in [0.4, 0.5) is 5.69 Å². The Hall–Kier alpha value is -1.46. The molecule has 1 fully saturated rings. The van der Waals surface area contributed by atoms with Gasteiger partial charge in [0, 0.05) is 43.4 Å². The van der Waals surface area contributed by atoms with E-state index in [4.69, 9.17) is 27.9 Å². The van der Waals surface area contributed by atoms with Crippen molar-refractivity contribution in [2.75, 3.05) is 44.2 Å². The molecule has 0 bridgehead atoms. The van der Waals surface area contributed by atoms with Crippen molar-refractivity contribution in [3.8, 4) is 5.75 Å². The minimum absolute atomic E-state index is 0.209. The van der Waals surface area contributed by atoms with Crippen molar-refractivity contribution in [3.05, 3.63) is 58.6 Å². The molecule has 3 rings (SSSR count). The first-order valence-electron chi connectivity index (χ1n) is 8.40. The minimum atomic E-state index is -0.560. The molecule has 134 valence electrons. The summed E-state index contributed by atoms with van der Waals surface area (Å²) in [5.74, 6) is 0.541. The van der Waals surface area contributed by atoms with E-state index in [9.17, 15) is 5.11 Å². The van der Waals surface area contributed by atoms with Crippen LogP contribution in [0.15, 0.2) is 48.5 Å². The van der Waals surface area contributed by atoms with Crippen LogP contribution in [-0.2, 0) is 0 Å². The van der Waals surface area contributed by atoms with Crippen molar-refractivity contribution < 1.29 is 9.84 Å². The van der Waals surface area contributed by atoms with Gasteiger partial charge >= 0.3 is 0 Å². The summed E-state index contributed by atoms with van der Waals surface area (Å²) < 4.78 is 5.61. The van der Waals surface area contributed by atoms with Crippen LogP contribution in [0.1, 0.15) is 0 Å². The van der Waals surface area contributed by atoms with Crippen LogP contribution in [0.25, 0.3) is 0 Å². The van der Waals surface area contributed by atoms with E-state index < -0.39 is 6.10 Å². The second-order valence-corrected chi connectivity index (χ2v) is 7.01. The molecule has 1 aliphatic rings. The van der Waals surface area contributed by atoms with Crippen molar-refractivity contribution in [2.45, 2.75) is 6.10 Å². The maximum atomic E-state index is 10.2. The van der Waals surface area contributed by atoms with E-state index in [1.54, 1.807) is 18.2 Å². The molecule has 1 N–H and O–H groups in total. The van der Waals surface area contributed by atoms with Crippen molar-refractivity contribution in [1.29, 1.82) is 0 Å². The number of ether oxygens (including phenoxy) is 1. The fourth-order valence-corrected chi connectivity index (χ4v) is 3.42. The molecule has 1 aliphatic heterocycles. The molecule has 4 nitrogen and oxygen atoms in total. The van der Waals surface area contributed by atoms with E-state index in [0.29, 0.717) is 22.3 Å². The number of aliphatic hydroxyl groups is 1. The average molecular weight is 381 g/mol. The molecule has 1 atom stereocenters. The number of rotatable bonds is 6. The Labute approximate surface area is 158 Å². The molecule has 0 aromatic heterocycles. The molecule has 2 aromatic carbocycles. The number of hydrogen-bond acceptors (Lipinski definition) is 4. The number of benzene rings is 2. The highest BCUT2D eigenvalue weighted by molar-refractivity contribution is 6.35. The smallest absolute Gasteiger partial charge is 0.138 e. The van der Waals surface area contributed by atoms with E-state index in [0.717, 1.165) is 26.2 Å². The van der Waals surface area contributed by atoms with Crippen molar-refractivity contribution in [3.63, 3.8) is 0 Å². The van der Waals surface area contributed by atoms with Crippen molar-refractivity contribution >= 4 is 28.9 Å². The van der Waals surface area contributed by atoms with Gasteiger partial charge in [-0.3, -0.25) is 4.90 Å². The van der Waals surface area contributed by atoms with Gasteiger partial charge < -0.3 is 14.7 Å². The lowest BCUT2D eigenvalue weighted by molar-refractivity contribution is 0.0663. The molecular weight excluding hydrogens is 359 g/mol. The molecule has 6 heteroatoms. The van der Waals surface area contributed by atoms with E-state index >= 15 is 0 Å². The predicted octanol–water partition coefficient (Wildman–Crippen LogP) is 3.56. The molecule has 1 saturated heterocycles. The predicted molar refractivity (Wildman–Crippen MR) is 103 cm³/mol. The van der Waals surface area contributed by atoms with Gasteiger partial charge in [-0.25, -0.2) is 0 Å². The molecule has 0 spiro atoms. The SMILES string of the molecule is O[C@@H](COc1ccc(Cl)cc1Cl)CN1CCN(c2ccccc2)CC1. The summed E-state index contributed by atoms with van der Waals surface area (Å²) in [5, 5.41) is 11.3. The Balaban J connectivity index is 1.42. The summed E-state index contributed by atoms with van der Waals surface area (Å²) in [5.41, 5.74) is 1.25. The zero-order chi connectivity index (χ0) is 17.6. The molecule has 0 radical (unpaired) electrons. The molecule has 0 aliphatic carbocycles. The lowest BCUT2D eigenvalue weighted by atomic mass is 10.2. The van der Waals surface area contributed by atoms with Gasteiger partial charge in [-0.05, 0) is 30.3 Å². The number of anilines is 1. The maximum Gasteiger partial charge on any atom is 0.138 e. The fraction of sp³-hybridized carbons (Fsp3) is 0.368. The first kappa shape index (κ1) is 18.3. The molecule has 1 heterocycles. The molecule has 2 aromatic rings. The number of nitrogens with zero attached hydrogens (tertiary/aromatic N) is 2. The third-order valence-electron chi connectivity index (χ3n) is 4.29. The standard InChI is InChI=1S/C19H22Cl2N2O2/c20-15-6-7-19(18(21)12-15)25-14-17(24)13-22-8-10-23(11-9-22)16-4-2-1-3-5-16/h1-7,12,17,24H,8-11,13-14H2/t17-/m1/s1. The molecule has 0 saturated carbocycles. The average Bonchev–Trinajstić information content (AvgIpc) is 2.62. The van der Waals surface area contributed by atoms with E-state index in [1.165, 1.54) is 5.69 Å². The van der Waals surface area contributed by atoms with Crippen LogP contribution in [0, 0.1) is 0 Å². The van der Waals surface area contributed by atoms with Crippen LogP contribution < -0.4 is 9.64 Å². The zero-order valence-electron chi connectivity index (χ0n) is 13.9. The zero-order valence-corrected chi connectivity index (χ0v) is 15.5. The first-order valence-corrected chi connectivity index (χ1v) is 9.15. The van der Waals surface area contributed by atoms with Crippen molar-refractivity contribution in [1.82, 2.24) is 4.90 Å². The Bertz CT molecular complexity index is 676. The Morgan fingerprint density at radius 3 is 2.40 bits per heavy atom. The monoisotopic (exact) mass is 380 g/mol. The highest BCUT2D eigenvalue weighted by Crippen LogP contribution is 2.27. The highest BCUT2D eigenvalue weighted by atomic mass is 35.5. The second-order valence-electron chi connectivity index (χ2n) is 6.16. The van der Waals surface area contributed by atoms with Crippen LogP contribution >= 0.6 is 23.2 Å². The minimum Gasteiger partial charge on any atom is -0.489 e. The Kier molecular flexibility index (Phi) is 6.43. The van der Waals surface area contributed by atoms with Crippen LogP contribution in [0.3, 0.4) is 0 Å². The van der Waals surface area contributed by atoms with Gasteiger partial charge in [0.15, 0.2) is 0 Å². The van der Waals surface area contributed by atoms with Gasteiger partial charge in [-0.2, -0.15) is 0 Å². The number of piperazine rings is 1. The Morgan fingerprint density at radius 2 is 1.72 bits per heavy atom. The van der Waals surface area contributed by atoms with Crippen molar-refractivity contribution in [2.24, 2.45) is 0 Å². The number of halogens is 2. The number of aliphatic hydroxyl groups excluding tert-OH is 1. The topological polar surface area (TPSA) is 35.9 Å². The summed E-state index contributed by atoms with van der Waals surface area (Å²) >= 11 is 11.9. The van der Waals surface area contributed by atoms with Gasteiger partial charge in [-0.1, -0.05) is 41.4 Å². The summed E-state index contributed by atoms with van der Waals surface area (Å²) in [6.07, 6.45) is -0.560. The van der Waals surface area contributed by atoms with E-state index in [2.05, 4.69) is 34.1 Å². The number of β-amino-alcohol motifs (C(OH)–C–C–N with tert-alkyl or cyclic N) is 1. The van der Waals surface area contributed by atoms with Gasteiger partial charge in [0.1, 0.15) is 18.5 Å². The van der Waals surface area contributed by atoms with Gasteiger partial charge in [0.05, 0.1) is 5.02 Å². The normalized spacial score (nSPS) is 16.7. The summed E-state index contributed by atoms with van der Waals surface area (Å²) in [7, 11) is 0. The largest absolute Gasteiger partial charge is 0.489 e. The van der Waals surface area contributed by atoms with E-state index in [-0.39, 0.29) is 6.61 Å². The van der Waals surface area contributed by atoms with Gasteiger partial charge in [0.2, 0.25) is 0 Å². The molecule has 0 amide bonds. The first-order chi connectivity index (χ1) is 12.1. The second kappa shape index (κ2) is 8.77.